The van der Waals surface area contributed by atoms with Gasteiger partial charge in [-0.2, -0.15) is 4.98 Å². The van der Waals surface area contributed by atoms with Crippen LogP contribution in [0.25, 0.3) is 0 Å². The quantitative estimate of drug-likeness (QED) is 0.710. The molecule has 1 aromatic heterocycles. The van der Waals surface area contributed by atoms with Crippen LogP contribution >= 0.6 is 0 Å². The predicted octanol–water partition coefficient (Wildman–Crippen LogP) is -0.476. The maximum Gasteiger partial charge on any atom is 0.345 e. The van der Waals surface area contributed by atoms with E-state index in [0.717, 1.165) is 37.4 Å². The highest BCUT2D eigenvalue weighted by atomic mass is 16.1. The van der Waals surface area contributed by atoms with E-state index in [-0.39, 0.29) is 5.69 Å². The van der Waals surface area contributed by atoms with Crippen LogP contribution in [0.3, 0.4) is 0 Å². The molecule has 1 atom stereocenters. The average molecular weight is 222 g/mol. The first-order valence-corrected chi connectivity index (χ1v) is 5.62. The fraction of sp³-hybridized carbons (Fsp3) is 0.636. The van der Waals surface area contributed by atoms with Gasteiger partial charge in [-0.1, -0.05) is 0 Å². The van der Waals surface area contributed by atoms with Gasteiger partial charge in [-0.05, 0) is 20.0 Å². The highest BCUT2D eigenvalue weighted by molar-refractivity contribution is 5.08. The predicted molar refractivity (Wildman–Crippen MR) is 62.6 cm³/mol. The monoisotopic (exact) mass is 222 g/mol. The van der Waals surface area contributed by atoms with E-state index in [1.54, 1.807) is 0 Å². The minimum atomic E-state index is -0.251. The van der Waals surface area contributed by atoms with Crippen LogP contribution in [0.15, 0.2) is 10.9 Å². The number of aryl methyl sites for hydroxylation is 1. The maximum absolute atomic E-state index is 11.2. The number of aromatic nitrogens is 2. The number of aromatic amines is 1. The summed E-state index contributed by atoms with van der Waals surface area (Å²) in [5.74, 6) is 0. The third-order valence-electron chi connectivity index (χ3n) is 2.85. The van der Waals surface area contributed by atoms with Gasteiger partial charge in [0.25, 0.3) is 0 Å². The van der Waals surface area contributed by atoms with Gasteiger partial charge in [0, 0.05) is 43.5 Å². The first-order chi connectivity index (χ1) is 7.63. The van der Waals surface area contributed by atoms with Crippen LogP contribution in [0.2, 0.25) is 0 Å². The minimum Gasteiger partial charge on any atom is -0.311 e. The van der Waals surface area contributed by atoms with E-state index < -0.39 is 0 Å². The summed E-state index contributed by atoms with van der Waals surface area (Å²) in [6.45, 7) is 4.97. The fourth-order valence-electron chi connectivity index (χ4n) is 2.13. The topological polar surface area (TPSA) is 61.0 Å². The van der Waals surface area contributed by atoms with Gasteiger partial charge in [0.2, 0.25) is 0 Å². The van der Waals surface area contributed by atoms with Crippen LogP contribution in [-0.4, -0.2) is 47.6 Å². The third-order valence-corrected chi connectivity index (χ3v) is 2.85. The zero-order valence-corrected chi connectivity index (χ0v) is 9.79. The van der Waals surface area contributed by atoms with Crippen molar-refractivity contribution in [3.8, 4) is 0 Å². The highest BCUT2D eigenvalue weighted by Gasteiger charge is 2.17. The van der Waals surface area contributed by atoms with Crippen molar-refractivity contribution in [3.05, 3.63) is 27.9 Å². The maximum atomic E-state index is 11.2. The standard InChI is InChI=1S/C11H18N4O/c1-8-5-9(14-11(16)13-8)6-10-7-15(2)4-3-12-10/h5,10,12H,3-4,6-7H2,1-2H3,(H,13,14,16). The number of hydrogen-bond acceptors (Lipinski definition) is 4. The summed E-state index contributed by atoms with van der Waals surface area (Å²) >= 11 is 0. The molecule has 0 radical (unpaired) electrons. The molecule has 1 aliphatic heterocycles. The van der Waals surface area contributed by atoms with Gasteiger partial charge in [0.05, 0.1) is 0 Å². The molecule has 0 bridgehead atoms. The van der Waals surface area contributed by atoms with Crippen molar-refractivity contribution in [1.82, 2.24) is 20.2 Å². The normalized spacial score (nSPS) is 22.2. The minimum absolute atomic E-state index is 0.251. The zero-order chi connectivity index (χ0) is 11.5. The molecule has 2 rings (SSSR count). The molecule has 1 unspecified atom stereocenters. The van der Waals surface area contributed by atoms with Crippen molar-refractivity contribution in [2.45, 2.75) is 19.4 Å². The molecule has 0 aliphatic carbocycles. The van der Waals surface area contributed by atoms with Gasteiger partial charge < -0.3 is 15.2 Å². The van der Waals surface area contributed by atoms with E-state index in [1.807, 2.05) is 13.0 Å². The molecule has 0 saturated carbocycles. The summed E-state index contributed by atoms with van der Waals surface area (Å²) in [5.41, 5.74) is 1.49. The molecule has 1 aromatic rings. The molecule has 88 valence electrons. The zero-order valence-electron chi connectivity index (χ0n) is 9.79. The van der Waals surface area contributed by atoms with Crippen molar-refractivity contribution in [3.63, 3.8) is 0 Å². The second kappa shape index (κ2) is 4.76. The molecule has 0 aromatic carbocycles. The lowest BCUT2D eigenvalue weighted by atomic mass is 10.1. The number of nitrogens with zero attached hydrogens (tertiary/aromatic N) is 2. The highest BCUT2D eigenvalue weighted by Crippen LogP contribution is 2.03. The Bertz CT molecular complexity index is 415. The summed E-state index contributed by atoms with van der Waals surface area (Å²) in [6.07, 6.45) is 0.815. The Labute approximate surface area is 94.9 Å². The van der Waals surface area contributed by atoms with E-state index >= 15 is 0 Å². The smallest absolute Gasteiger partial charge is 0.311 e. The lowest BCUT2D eigenvalue weighted by Crippen LogP contribution is -2.50. The van der Waals surface area contributed by atoms with Crippen molar-refractivity contribution in [2.24, 2.45) is 0 Å². The molecule has 5 heteroatoms. The molecule has 2 N–H and O–H groups in total. The third kappa shape index (κ3) is 2.90. The number of hydrogen-bond donors (Lipinski definition) is 2. The van der Waals surface area contributed by atoms with Gasteiger partial charge in [-0.25, -0.2) is 4.79 Å². The molecule has 2 heterocycles. The van der Waals surface area contributed by atoms with Gasteiger partial charge >= 0.3 is 5.69 Å². The number of H-pyrrole nitrogens is 1. The lowest BCUT2D eigenvalue weighted by molar-refractivity contribution is 0.237. The molecule has 0 spiro atoms. The number of rotatable bonds is 2. The molecule has 16 heavy (non-hydrogen) atoms. The number of nitrogens with one attached hydrogen (secondary N) is 2. The Balaban J connectivity index is 2.05. The summed E-state index contributed by atoms with van der Waals surface area (Å²) < 4.78 is 0. The molecule has 1 saturated heterocycles. The SMILES string of the molecule is Cc1cc(CC2CN(C)CCN2)nc(=O)[nH]1. The first kappa shape index (κ1) is 11.3. The second-order valence-electron chi connectivity index (χ2n) is 4.48. The van der Waals surface area contributed by atoms with E-state index in [2.05, 4.69) is 27.2 Å². The van der Waals surface area contributed by atoms with Crippen molar-refractivity contribution >= 4 is 0 Å². The largest absolute Gasteiger partial charge is 0.345 e. The second-order valence-corrected chi connectivity index (χ2v) is 4.48. The van der Waals surface area contributed by atoms with Gasteiger partial charge in [0.1, 0.15) is 0 Å². The molecule has 1 aliphatic rings. The Morgan fingerprint density at radius 2 is 2.44 bits per heavy atom. The molecule has 0 amide bonds. The van der Waals surface area contributed by atoms with Gasteiger partial charge in [-0.3, -0.25) is 0 Å². The van der Waals surface area contributed by atoms with Crippen LogP contribution in [0.5, 0.6) is 0 Å². The summed E-state index contributed by atoms with van der Waals surface area (Å²) in [4.78, 5) is 20.2. The fourth-order valence-corrected chi connectivity index (χ4v) is 2.13. The van der Waals surface area contributed by atoms with E-state index in [9.17, 15) is 4.79 Å². The van der Waals surface area contributed by atoms with Crippen molar-refractivity contribution in [1.29, 1.82) is 0 Å². The average Bonchev–Trinajstić information content (AvgIpc) is 2.15. The number of likely N-dealkylation sites (N-methyl/N-ethyl adjacent to an activating group) is 1. The van der Waals surface area contributed by atoms with E-state index in [1.165, 1.54) is 0 Å². The van der Waals surface area contributed by atoms with Crippen molar-refractivity contribution < 1.29 is 0 Å². The van der Waals surface area contributed by atoms with E-state index in [0.29, 0.717) is 6.04 Å². The molecule has 1 fully saturated rings. The Morgan fingerprint density at radius 3 is 3.12 bits per heavy atom. The van der Waals surface area contributed by atoms with Gasteiger partial charge in [0.15, 0.2) is 0 Å². The van der Waals surface area contributed by atoms with Gasteiger partial charge in [-0.15, -0.1) is 0 Å². The first-order valence-electron chi connectivity index (χ1n) is 5.62. The number of piperazine rings is 1. The summed E-state index contributed by atoms with van der Waals surface area (Å²) in [7, 11) is 2.12. The molecular weight excluding hydrogens is 204 g/mol. The molecule has 5 nitrogen and oxygen atoms in total. The van der Waals surface area contributed by atoms with Crippen molar-refractivity contribution in [2.75, 3.05) is 26.7 Å². The lowest BCUT2D eigenvalue weighted by Gasteiger charge is -2.30. The summed E-state index contributed by atoms with van der Waals surface area (Å²) in [6, 6.07) is 2.34. The Kier molecular flexibility index (Phi) is 3.36. The summed E-state index contributed by atoms with van der Waals surface area (Å²) in [5, 5.41) is 3.44. The van der Waals surface area contributed by atoms with Crippen LogP contribution < -0.4 is 11.0 Å². The molecular formula is C11H18N4O. The van der Waals surface area contributed by atoms with Crippen LogP contribution in [0.1, 0.15) is 11.4 Å². The van der Waals surface area contributed by atoms with Crippen LogP contribution in [0, 0.1) is 6.92 Å². The van der Waals surface area contributed by atoms with Crippen LogP contribution in [-0.2, 0) is 6.42 Å². The van der Waals surface area contributed by atoms with E-state index in [4.69, 9.17) is 0 Å². The Morgan fingerprint density at radius 1 is 1.62 bits per heavy atom. The van der Waals surface area contributed by atoms with Crippen LogP contribution in [0.4, 0.5) is 0 Å². The Hall–Kier alpha value is -1.20.